The summed E-state index contributed by atoms with van der Waals surface area (Å²) in [7, 11) is 0. The van der Waals surface area contributed by atoms with E-state index in [4.69, 9.17) is 5.11 Å². The van der Waals surface area contributed by atoms with Gasteiger partial charge in [0, 0.05) is 12.3 Å². The zero-order valence-electron chi connectivity index (χ0n) is 13.6. The molecule has 7 nitrogen and oxygen atoms in total. The molecule has 2 heterocycles. The van der Waals surface area contributed by atoms with Crippen LogP contribution in [0.5, 0.6) is 0 Å². The third-order valence-electron chi connectivity index (χ3n) is 3.35. The van der Waals surface area contributed by atoms with Crippen LogP contribution in [-0.2, 0) is 4.79 Å². The van der Waals surface area contributed by atoms with E-state index in [1.807, 2.05) is 0 Å². The first-order chi connectivity index (χ1) is 12.9. The Morgan fingerprint density at radius 3 is 2.52 bits per heavy atom. The van der Waals surface area contributed by atoms with Gasteiger partial charge >= 0.3 is 5.97 Å². The monoisotopic (exact) mass is 375 g/mol. The number of aromatic nitrogens is 3. The molecule has 0 aliphatic carbocycles. The van der Waals surface area contributed by atoms with E-state index in [9.17, 15) is 18.0 Å². The Kier molecular flexibility index (Phi) is 5.15. The number of aliphatic carboxylic acids is 1. The Bertz CT molecular complexity index is 986. The van der Waals surface area contributed by atoms with Crippen molar-refractivity contribution in [1.82, 2.24) is 15.0 Å². The molecular formula is C17H12F3N5O2. The lowest BCUT2D eigenvalue weighted by molar-refractivity contribution is -0.134. The van der Waals surface area contributed by atoms with Crippen molar-refractivity contribution in [1.29, 1.82) is 0 Å². The molecule has 0 amide bonds. The molecule has 0 saturated heterocycles. The molecule has 10 heteroatoms. The molecule has 27 heavy (non-hydrogen) atoms. The highest BCUT2D eigenvalue weighted by Crippen LogP contribution is 2.27. The zero-order valence-corrected chi connectivity index (χ0v) is 13.6. The summed E-state index contributed by atoms with van der Waals surface area (Å²) in [5.41, 5.74) is -0.0513. The van der Waals surface area contributed by atoms with Crippen LogP contribution in [-0.4, -0.2) is 32.6 Å². The summed E-state index contributed by atoms with van der Waals surface area (Å²) in [4.78, 5) is 22.9. The van der Waals surface area contributed by atoms with Crippen molar-refractivity contribution >= 4 is 23.4 Å². The summed E-state index contributed by atoms with van der Waals surface area (Å²) in [5.74, 6) is -5.01. The van der Waals surface area contributed by atoms with E-state index >= 15 is 0 Å². The fraction of sp³-hybridized carbons (Fsp3) is 0.0588. The second-order valence-corrected chi connectivity index (χ2v) is 5.27. The first kappa shape index (κ1) is 18.1. The molecule has 0 aliphatic rings. The van der Waals surface area contributed by atoms with Crippen LogP contribution >= 0.6 is 0 Å². The van der Waals surface area contributed by atoms with Gasteiger partial charge in [-0.25, -0.2) is 18.2 Å². The van der Waals surface area contributed by atoms with Crippen molar-refractivity contribution in [2.75, 3.05) is 17.2 Å². The van der Waals surface area contributed by atoms with E-state index in [-0.39, 0.29) is 17.5 Å². The fourth-order valence-electron chi connectivity index (χ4n) is 2.16. The Morgan fingerprint density at radius 2 is 1.81 bits per heavy atom. The normalized spacial score (nSPS) is 10.5. The molecule has 1 aromatic carbocycles. The van der Waals surface area contributed by atoms with Crippen molar-refractivity contribution in [2.24, 2.45) is 0 Å². The number of benzene rings is 1. The second-order valence-electron chi connectivity index (χ2n) is 5.27. The van der Waals surface area contributed by atoms with Crippen molar-refractivity contribution in [3.8, 4) is 11.4 Å². The summed E-state index contributed by atoms with van der Waals surface area (Å²) < 4.78 is 41.2. The van der Waals surface area contributed by atoms with E-state index in [2.05, 4.69) is 25.6 Å². The largest absolute Gasteiger partial charge is 0.480 e. The van der Waals surface area contributed by atoms with Gasteiger partial charge in [0.25, 0.3) is 0 Å². The number of halogens is 3. The number of pyridine rings is 1. The van der Waals surface area contributed by atoms with Gasteiger partial charge in [-0.2, -0.15) is 4.98 Å². The Hall–Kier alpha value is -3.69. The number of carbonyl (C=O) groups is 1. The summed E-state index contributed by atoms with van der Waals surface area (Å²) in [6.45, 7) is -0.478. The summed E-state index contributed by atoms with van der Waals surface area (Å²) >= 11 is 0. The van der Waals surface area contributed by atoms with E-state index in [0.29, 0.717) is 11.8 Å². The van der Waals surface area contributed by atoms with Crippen LogP contribution in [0.15, 0.2) is 42.6 Å². The van der Waals surface area contributed by atoms with Crippen LogP contribution in [0, 0.1) is 17.5 Å². The minimum Gasteiger partial charge on any atom is -0.480 e. The smallest absolute Gasteiger partial charge is 0.322 e. The fourth-order valence-corrected chi connectivity index (χ4v) is 2.16. The van der Waals surface area contributed by atoms with Gasteiger partial charge in [-0.3, -0.25) is 9.78 Å². The van der Waals surface area contributed by atoms with Crippen LogP contribution < -0.4 is 10.6 Å². The topological polar surface area (TPSA) is 100 Å². The summed E-state index contributed by atoms with van der Waals surface area (Å²) in [5, 5.41) is 13.6. The number of carboxylic acid groups (broad SMARTS) is 1. The SMILES string of the molecule is O=C(O)CNc1nc(Nc2c(F)ccc(F)c2F)cc(-c2ccccn2)n1. The number of nitrogens with zero attached hydrogens (tertiary/aromatic N) is 3. The molecule has 0 saturated carbocycles. The predicted molar refractivity (Wildman–Crippen MR) is 91.0 cm³/mol. The molecule has 0 bridgehead atoms. The third kappa shape index (κ3) is 4.29. The minimum atomic E-state index is -1.41. The summed E-state index contributed by atoms with van der Waals surface area (Å²) in [6, 6.07) is 7.80. The van der Waals surface area contributed by atoms with E-state index in [1.54, 1.807) is 18.2 Å². The van der Waals surface area contributed by atoms with Gasteiger partial charge < -0.3 is 15.7 Å². The van der Waals surface area contributed by atoms with E-state index in [1.165, 1.54) is 12.3 Å². The quantitative estimate of drug-likeness (QED) is 0.569. The number of carboxylic acids is 1. The maximum absolute atomic E-state index is 13.9. The van der Waals surface area contributed by atoms with Gasteiger partial charge in [-0.05, 0) is 24.3 Å². The minimum absolute atomic E-state index is 0.0815. The maximum Gasteiger partial charge on any atom is 0.322 e. The molecule has 138 valence electrons. The summed E-state index contributed by atoms with van der Waals surface area (Å²) in [6.07, 6.45) is 1.51. The van der Waals surface area contributed by atoms with Crippen molar-refractivity contribution in [3.05, 3.63) is 60.0 Å². The predicted octanol–water partition coefficient (Wildman–Crippen LogP) is 3.20. The van der Waals surface area contributed by atoms with Gasteiger partial charge in [-0.1, -0.05) is 6.07 Å². The average Bonchev–Trinajstić information content (AvgIpc) is 2.67. The number of rotatable bonds is 6. The second kappa shape index (κ2) is 7.68. The van der Waals surface area contributed by atoms with Crippen LogP contribution in [0.4, 0.5) is 30.6 Å². The van der Waals surface area contributed by atoms with Gasteiger partial charge in [-0.15, -0.1) is 0 Å². The van der Waals surface area contributed by atoms with Crippen LogP contribution in [0.25, 0.3) is 11.4 Å². The Balaban J connectivity index is 2.02. The number of anilines is 3. The lowest BCUT2D eigenvalue weighted by Gasteiger charge is -2.12. The molecule has 2 aromatic heterocycles. The van der Waals surface area contributed by atoms with Crippen molar-refractivity contribution < 1.29 is 23.1 Å². The molecule has 0 fully saturated rings. The number of hydrogen-bond donors (Lipinski definition) is 3. The Labute approximate surface area is 150 Å². The number of nitrogens with one attached hydrogen (secondary N) is 2. The zero-order chi connectivity index (χ0) is 19.4. The lowest BCUT2D eigenvalue weighted by atomic mass is 10.2. The van der Waals surface area contributed by atoms with Crippen LogP contribution in [0.1, 0.15) is 0 Å². The number of hydrogen-bond acceptors (Lipinski definition) is 6. The molecule has 0 spiro atoms. The maximum atomic E-state index is 13.9. The average molecular weight is 375 g/mol. The third-order valence-corrected chi connectivity index (χ3v) is 3.35. The van der Waals surface area contributed by atoms with Gasteiger partial charge in [0.05, 0.1) is 11.4 Å². The molecule has 3 aromatic rings. The molecule has 0 radical (unpaired) electrons. The van der Waals surface area contributed by atoms with E-state index < -0.39 is 35.7 Å². The molecule has 3 N–H and O–H groups in total. The first-order valence-electron chi connectivity index (χ1n) is 7.60. The molecule has 0 unspecified atom stereocenters. The van der Waals surface area contributed by atoms with Gasteiger partial charge in [0.15, 0.2) is 11.6 Å². The van der Waals surface area contributed by atoms with Gasteiger partial charge in [0.1, 0.15) is 23.9 Å². The lowest BCUT2D eigenvalue weighted by Crippen LogP contribution is -2.15. The molecular weight excluding hydrogens is 363 g/mol. The Morgan fingerprint density at radius 1 is 1.04 bits per heavy atom. The highest BCUT2D eigenvalue weighted by atomic mass is 19.2. The highest BCUT2D eigenvalue weighted by Gasteiger charge is 2.16. The molecule has 3 rings (SSSR count). The van der Waals surface area contributed by atoms with Crippen molar-refractivity contribution in [2.45, 2.75) is 0 Å². The first-order valence-corrected chi connectivity index (χ1v) is 7.60. The molecule has 0 aliphatic heterocycles. The highest BCUT2D eigenvalue weighted by molar-refractivity contribution is 5.72. The van der Waals surface area contributed by atoms with Gasteiger partial charge in [0.2, 0.25) is 5.95 Å². The standard InChI is InChI=1S/C17H12F3N5O2/c18-9-4-5-10(19)16(15(9)20)24-13-7-12(11-3-1-2-6-21-11)23-17(25-13)22-8-14(26)27/h1-7H,8H2,(H,26,27)(H2,22,23,24,25). The van der Waals surface area contributed by atoms with Crippen LogP contribution in [0.3, 0.4) is 0 Å². The van der Waals surface area contributed by atoms with Crippen molar-refractivity contribution in [3.63, 3.8) is 0 Å². The van der Waals surface area contributed by atoms with Crippen LogP contribution in [0.2, 0.25) is 0 Å². The van der Waals surface area contributed by atoms with E-state index in [0.717, 1.165) is 6.07 Å². The molecule has 0 atom stereocenters.